The highest BCUT2D eigenvalue weighted by atomic mass is 19.1. The first kappa shape index (κ1) is 18.1. The highest BCUT2D eigenvalue weighted by Gasteiger charge is 2.11. The number of amides is 1. The predicted octanol–water partition coefficient (Wildman–Crippen LogP) is 3.90. The number of nitrogens with one attached hydrogen (secondary N) is 1. The standard InChI is InChI=1S/C20H25FN2O/c1-14(2)23(4)13-18-8-6-5-7-17(18)12-22-20(24)16-10-9-15(3)19(21)11-16/h5-11,14H,12-13H2,1-4H3,(H,22,24). The zero-order chi connectivity index (χ0) is 17.7. The molecule has 0 saturated heterocycles. The van der Waals surface area contributed by atoms with Crippen LogP contribution in [0.3, 0.4) is 0 Å². The molecule has 0 saturated carbocycles. The van der Waals surface area contributed by atoms with Gasteiger partial charge in [-0.1, -0.05) is 30.3 Å². The summed E-state index contributed by atoms with van der Waals surface area (Å²) in [6.07, 6.45) is 0. The number of halogens is 1. The molecule has 0 spiro atoms. The Morgan fingerprint density at radius 2 is 1.83 bits per heavy atom. The number of hydrogen-bond donors (Lipinski definition) is 1. The molecule has 128 valence electrons. The largest absolute Gasteiger partial charge is 0.348 e. The van der Waals surface area contributed by atoms with Gasteiger partial charge in [0.2, 0.25) is 0 Å². The Labute approximate surface area is 143 Å². The van der Waals surface area contributed by atoms with Crippen molar-refractivity contribution in [2.75, 3.05) is 7.05 Å². The Kier molecular flexibility index (Phi) is 6.10. The first-order chi connectivity index (χ1) is 11.4. The second kappa shape index (κ2) is 8.06. The van der Waals surface area contributed by atoms with E-state index in [1.807, 2.05) is 18.2 Å². The smallest absolute Gasteiger partial charge is 0.251 e. The molecule has 2 rings (SSSR count). The number of hydrogen-bond acceptors (Lipinski definition) is 2. The maximum atomic E-state index is 13.6. The molecule has 2 aromatic carbocycles. The fraction of sp³-hybridized carbons (Fsp3) is 0.350. The van der Waals surface area contributed by atoms with Crippen molar-refractivity contribution >= 4 is 5.91 Å². The van der Waals surface area contributed by atoms with Crippen molar-refractivity contribution in [2.24, 2.45) is 0 Å². The van der Waals surface area contributed by atoms with Crippen LogP contribution in [-0.2, 0) is 13.1 Å². The van der Waals surface area contributed by atoms with Crippen molar-refractivity contribution in [2.45, 2.75) is 39.9 Å². The molecule has 1 N–H and O–H groups in total. The van der Waals surface area contributed by atoms with Crippen LogP contribution in [0.4, 0.5) is 4.39 Å². The Balaban J connectivity index is 2.06. The molecule has 0 aliphatic rings. The average molecular weight is 328 g/mol. The van der Waals surface area contributed by atoms with Crippen molar-refractivity contribution in [3.05, 3.63) is 70.5 Å². The Morgan fingerprint density at radius 1 is 1.17 bits per heavy atom. The number of carbonyl (C=O) groups is 1. The lowest BCUT2D eigenvalue weighted by atomic mass is 10.1. The van der Waals surface area contributed by atoms with E-state index in [0.29, 0.717) is 23.7 Å². The molecule has 0 radical (unpaired) electrons. The van der Waals surface area contributed by atoms with Crippen molar-refractivity contribution in [1.82, 2.24) is 10.2 Å². The lowest BCUT2D eigenvalue weighted by Crippen LogP contribution is -2.27. The van der Waals surface area contributed by atoms with Gasteiger partial charge < -0.3 is 5.32 Å². The van der Waals surface area contributed by atoms with Gasteiger partial charge in [-0.05, 0) is 56.6 Å². The summed E-state index contributed by atoms with van der Waals surface area (Å²) in [5.74, 6) is -0.623. The van der Waals surface area contributed by atoms with Gasteiger partial charge in [-0.2, -0.15) is 0 Å². The molecule has 0 atom stereocenters. The molecule has 2 aromatic rings. The lowest BCUT2D eigenvalue weighted by Gasteiger charge is -2.22. The molecule has 0 aliphatic heterocycles. The second-order valence-electron chi connectivity index (χ2n) is 6.42. The van der Waals surface area contributed by atoms with Crippen molar-refractivity contribution < 1.29 is 9.18 Å². The first-order valence-corrected chi connectivity index (χ1v) is 8.20. The van der Waals surface area contributed by atoms with Gasteiger partial charge in [0, 0.05) is 24.7 Å². The minimum Gasteiger partial charge on any atom is -0.348 e. The number of aryl methyl sites for hydroxylation is 1. The maximum Gasteiger partial charge on any atom is 0.251 e. The third-order valence-electron chi connectivity index (χ3n) is 4.29. The fourth-order valence-corrected chi connectivity index (χ4v) is 2.35. The van der Waals surface area contributed by atoms with Crippen LogP contribution in [0.15, 0.2) is 42.5 Å². The number of benzene rings is 2. The van der Waals surface area contributed by atoms with E-state index in [4.69, 9.17) is 0 Å². The monoisotopic (exact) mass is 328 g/mol. The molecule has 0 aliphatic carbocycles. The van der Waals surface area contributed by atoms with Crippen LogP contribution in [0.25, 0.3) is 0 Å². The van der Waals surface area contributed by atoms with E-state index >= 15 is 0 Å². The molecule has 0 fully saturated rings. The van der Waals surface area contributed by atoms with Gasteiger partial charge in [0.25, 0.3) is 5.91 Å². The number of carbonyl (C=O) groups excluding carboxylic acids is 1. The highest BCUT2D eigenvalue weighted by molar-refractivity contribution is 5.94. The van der Waals surface area contributed by atoms with Crippen LogP contribution >= 0.6 is 0 Å². The van der Waals surface area contributed by atoms with E-state index in [2.05, 4.69) is 37.2 Å². The predicted molar refractivity (Wildman–Crippen MR) is 95.4 cm³/mol. The van der Waals surface area contributed by atoms with E-state index in [-0.39, 0.29) is 11.7 Å². The van der Waals surface area contributed by atoms with E-state index < -0.39 is 0 Å². The van der Waals surface area contributed by atoms with Crippen LogP contribution in [0.2, 0.25) is 0 Å². The van der Waals surface area contributed by atoms with Gasteiger partial charge in [-0.25, -0.2) is 4.39 Å². The quantitative estimate of drug-likeness (QED) is 0.872. The lowest BCUT2D eigenvalue weighted by molar-refractivity contribution is 0.0950. The SMILES string of the molecule is Cc1ccc(C(=O)NCc2ccccc2CN(C)C(C)C)cc1F. The topological polar surface area (TPSA) is 32.3 Å². The van der Waals surface area contributed by atoms with E-state index in [1.54, 1.807) is 19.1 Å². The van der Waals surface area contributed by atoms with Gasteiger partial charge in [0.1, 0.15) is 5.82 Å². The number of nitrogens with zero attached hydrogens (tertiary/aromatic N) is 1. The number of rotatable bonds is 6. The third-order valence-corrected chi connectivity index (χ3v) is 4.29. The normalized spacial score (nSPS) is 11.1. The summed E-state index contributed by atoms with van der Waals surface area (Å²) in [5.41, 5.74) is 3.14. The van der Waals surface area contributed by atoms with Crippen LogP contribution in [0.1, 0.15) is 40.9 Å². The van der Waals surface area contributed by atoms with Gasteiger partial charge in [0.05, 0.1) is 0 Å². The van der Waals surface area contributed by atoms with Crippen molar-refractivity contribution in [1.29, 1.82) is 0 Å². The van der Waals surface area contributed by atoms with E-state index in [0.717, 1.165) is 12.1 Å². The molecule has 0 bridgehead atoms. The summed E-state index contributed by atoms with van der Waals surface area (Å²) >= 11 is 0. The third kappa shape index (κ3) is 4.65. The molecule has 0 aromatic heterocycles. The zero-order valence-corrected chi connectivity index (χ0v) is 14.8. The summed E-state index contributed by atoms with van der Waals surface area (Å²) in [7, 11) is 2.08. The van der Waals surface area contributed by atoms with Gasteiger partial charge in [-0.3, -0.25) is 9.69 Å². The minimum absolute atomic E-state index is 0.263. The van der Waals surface area contributed by atoms with E-state index in [1.165, 1.54) is 11.6 Å². The molecular formula is C20H25FN2O. The highest BCUT2D eigenvalue weighted by Crippen LogP contribution is 2.13. The van der Waals surface area contributed by atoms with Crippen molar-refractivity contribution in [3.63, 3.8) is 0 Å². The minimum atomic E-state index is -0.360. The average Bonchev–Trinajstić information content (AvgIpc) is 2.56. The van der Waals surface area contributed by atoms with Gasteiger partial charge in [-0.15, -0.1) is 0 Å². The fourth-order valence-electron chi connectivity index (χ4n) is 2.35. The van der Waals surface area contributed by atoms with Gasteiger partial charge >= 0.3 is 0 Å². The molecular weight excluding hydrogens is 303 g/mol. The molecule has 0 unspecified atom stereocenters. The first-order valence-electron chi connectivity index (χ1n) is 8.20. The molecule has 1 amide bonds. The summed E-state index contributed by atoms with van der Waals surface area (Å²) < 4.78 is 13.6. The summed E-state index contributed by atoms with van der Waals surface area (Å²) in [4.78, 5) is 14.5. The summed E-state index contributed by atoms with van der Waals surface area (Å²) in [5, 5.41) is 2.88. The molecule has 24 heavy (non-hydrogen) atoms. The van der Waals surface area contributed by atoms with Crippen molar-refractivity contribution in [3.8, 4) is 0 Å². The van der Waals surface area contributed by atoms with Crippen LogP contribution in [-0.4, -0.2) is 23.9 Å². The van der Waals surface area contributed by atoms with Gasteiger partial charge in [0.15, 0.2) is 0 Å². The van der Waals surface area contributed by atoms with Crippen LogP contribution < -0.4 is 5.32 Å². The zero-order valence-electron chi connectivity index (χ0n) is 14.8. The Bertz CT molecular complexity index is 713. The molecule has 3 nitrogen and oxygen atoms in total. The summed E-state index contributed by atoms with van der Waals surface area (Å²) in [6.45, 7) is 7.23. The molecule has 0 heterocycles. The Hall–Kier alpha value is -2.20. The second-order valence-corrected chi connectivity index (χ2v) is 6.42. The maximum absolute atomic E-state index is 13.6. The Morgan fingerprint density at radius 3 is 2.46 bits per heavy atom. The van der Waals surface area contributed by atoms with E-state index in [9.17, 15) is 9.18 Å². The van der Waals surface area contributed by atoms with Crippen LogP contribution in [0.5, 0.6) is 0 Å². The molecule has 4 heteroatoms. The van der Waals surface area contributed by atoms with Crippen LogP contribution in [0, 0.1) is 12.7 Å². The summed E-state index contributed by atoms with van der Waals surface area (Å²) in [6, 6.07) is 13.1.